The van der Waals surface area contributed by atoms with Crippen LogP contribution in [0.25, 0.3) is 16.7 Å². The van der Waals surface area contributed by atoms with Gasteiger partial charge >= 0.3 is 0 Å². The number of amides is 1. The normalized spacial score (nSPS) is 15.1. The van der Waals surface area contributed by atoms with Gasteiger partial charge in [-0.2, -0.15) is 5.10 Å². The highest BCUT2D eigenvalue weighted by Gasteiger charge is 2.22. The summed E-state index contributed by atoms with van der Waals surface area (Å²) in [5.41, 5.74) is 7.47. The third-order valence-corrected chi connectivity index (χ3v) is 6.61. The van der Waals surface area contributed by atoms with Gasteiger partial charge in [-0.1, -0.05) is 24.6 Å². The molecule has 1 saturated heterocycles. The van der Waals surface area contributed by atoms with Crippen LogP contribution in [0.2, 0.25) is 0 Å². The molecule has 3 aromatic rings. The van der Waals surface area contributed by atoms with Crippen molar-refractivity contribution in [1.82, 2.24) is 24.6 Å². The summed E-state index contributed by atoms with van der Waals surface area (Å²) < 4.78 is 1.94. The van der Waals surface area contributed by atoms with Gasteiger partial charge < -0.3 is 9.80 Å². The van der Waals surface area contributed by atoms with Gasteiger partial charge in [0.05, 0.1) is 11.4 Å². The first-order valence-corrected chi connectivity index (χ1v) is 11.3. The number of carbonyl (C=O) groups is 1. The Morgan fingerprint density at radius 1 is 0.968 bits per heavy atom. The highest BCUT2D eigenvalue weighted by Crippen LogP contribution is 2.28. The van der Waals surface area contributed by atoms with Gasteiger partial charge in [0.25, 0.3) is 0 Å². The molecular formula is C25H33N5O. The van der Waals surface area contributed by atoms with E-state index in [-0.39, 0.29) is 5.91 Å². The summed E-state index contributed by atoms with van der Waals surface area (Å²) in [6.45, 7) is 15.2. The molecule has 0 saturated carbocycles. The third kappa shape index (κ3) is 4.22. The molecule has 0 atom stereocenters. The number of pyridine rings is 1. The summed E-state index contributed by atoms with van der Waals surface area (Å²) in [5.74, 6) is 0.252. The van der Waals surface area contributed by atoms with Crippen LogP contribution in [0.1, 0.15) is 41.4 Å². The average Bonchev–Trinajstić information content (AvgIpc) is 3.10. The number of fused-ring (bicyclic) bond motifs is 1. The van der Waals surface area contributed by atoms with Crippen LogP contribution in [-0.4, -0.2) is 63.2 Å². The van der Waals surface area contributed by atoms with Gasteiger partial charge in [-0.3, -0.25) is 4.79 Å². The largest absolute Gasteiger partial charge is 0.340 e. The summed E-state index contributed by atoms with van der Waals surface area (Å²) >= 11 is 0. The SMILES string of the molecule is CCN1CCN(C(=O)CCc2c(C)nc3c(c(C)nn3-c3ccc(C)cc3)c2C)CC1. The van der Waals surface area contributed by atoms with Gasteiger partial charge in [-0.05, 0) is 63.9 Å². The second kappa shape index (κ2) is 8.79. The van der Waals surface area contributed by atoms with Gasteiger partial charge in [0.15, 0.2) is 5.65 Å². The molecule has 6 nitrogen and oxygen atoms in total. The van der Waals surface area contributed by atoms with Crippen LogP contribution in [0.15, 0.2) is 24.3 Å². The summed E-state index contributed by atoms with van der Waals surface area (Å²) in [6, 6.07) is 8.35. The molecule has 0 spiro atoms. The van der Waals surface area contributed by atoms with E-state index in [1.54, 1.807) is 0 Å². The fourth-order valence-electron chi connectivity index (χ4n) is 4.64. The first-order valence-electron chi connectivity index (χ1n) is 11.3. The Morgan fingerprint density at radius 3 is 2.29 bits per heavy atom. The Labute approximate surface area is 184 Å². The molecule has 31 heavy (non-hydrogen) atoms. The fourth-order valence-corrected chi connectivity index (χ4v) is 4.64. The number of likely N-dealkylation sites (N-methyl/N-ethyl adjacent to an activating group) is 1. The molecule has 164 valence electrons. The van der Waals surface area contributed by atoms with E-state index < -0.39 is 0 Å². The number of nitrogens with zero attached hydrogens (tertiary/aromatic N) is 5. The standard InChI is InChI=1S/C25H33N5O/c1-6-28-13-15-29(16-14-28)23(31)12-11-22-18(3)24-20(5)27-30(25(24)26-19(22)4)21-9-7-17(2)8-10-21/h7-10H,6,11-16H2,1-5H3. The summed E-state index contributed by atoms with van der Waals surface area (Å²) in [6.07, 6.45) is 1.26. The first kappa shape index (κ1) is 21.5. The molecule has 3 heterocycles. The second-order valence-electron chi connectivity index (χ2n) is 8.65. The maximum absolute atomic E-state index is 12.8. The smallest absolute Gasteiger partial charge is 0.222 e. The van der Waals surface area contributed by atoms with Crippen molar-refractivity contribution in [3.8, 4) is 5.69 Å². The van der Waals surface area contributed by atoms with Crippen molar-refractivity contribution in [2.75, 3.05) is 32.7 Å². The number of carbonyl (C=O) groups excluding carboxylic acids is 1. The predicted molar refractivity (Wildman–Crippen MR) is 125 cm³/mol. The van der Waals surface area contributed by atoms with Crippen LogP contribution >= 0.6 is 0 Å². The monoisotopic (exact) mass is 419 g/mol. The van der Waals surface area contributed by atoms with Crippen molar-refractivity contribution >= 4 is 16.9 Å². The lowest BCUT2D eigenvalue weighted by atomic mass is 9.99. The van der Waals surface area contributed by atoms with E-state index in [9.17, 15) is 4.79 Å². The van der Waals surface area contributed by atoms with Gasteiger partial charge in [0.1, 0.15) is 0 Å². The molecular weight excluding hydrogens is 386 g/mol. The Bertz CT molecular complexity index is 1090. The summed E-state index contributed by atoms with van der Waals surface area (Å²) in [7, 11) is 0. The molecule has 0 radical (unpaired) electrons. The zero-order valence-electron chi connectivity index (χ0n) is 19.4. The zero-order chi connectivity index (χ0) is 22.1. The van der Waals surface area contributed by atoms with Crippen molar-refractivity contribution in [3.63, 3.8) is 0 Å². The van der Waals surface area contributed by atoms with Crippen LogP contribution in [0.4, 0.5) is 0 Å². The third-order valence-electron chi connectivity index (χ3n) is 6.61. The van der Waals surface area contributed by atoms with E-state index >= 15 is 0 Å². The van der Waals surface area contributed by atoms with Crippen LogP contribution in [-0.2, 0) is 11.2 Å². The Hall–Kier alpha value is -2.73. The number of benzene rings is 1. The molecule has 1 aromatic carbocycles. The van der Waals surface area contributed by atoms with Crippen molar-refractivity contribution in [2.24, 2.45) is 0 Å². The maximum atomic E-state index is 12.8. The molecule has 0 unspecified atom stereocenters. The van der Waals surface area contributed by atoms with Gasteiger partial charge in [0, 0.05) is 43.7 Å². The summed E-state index contributed by atoms with van der Waals surface area (Å²) in [4.78, 5) is 22.2. The van der Waals surface area contributed by atoms with Gasteiger partial charge in [-0.25, -0.2) is 9.67 Å². The lowest BCUT2D eigenvalue weighted by molar-refractivity contribution is -0.132. The van der Waals surface area contributed by atoms with Crippen LogP contribution in [0, 0.1) is 27.7 Å². The molecule has 0 N–H and O–H groups in total. The molecule has 2 aromatic heterocycles. The Morgan fingerprint density at radius 2 is 1.65 bits per heavy atom. The van der Waals surface area contributed by atoms with Crippen molar-refractivity contribution in [1.29, 1.82) is 0 Å². The fraction of sp³-hybridized carbons (Fsp3) is 0.480. The predicted octanol–water partition coefficient (Wildman–Crippen LogP) is 3.75. The van der Waals surface area contributed by atoms with E-state index in [0.717, 1.165) is 67.3 Å². The lowest BCUT2D eigenvalue weighted by Gasteiger charge is -2.34. The van der Waals surface area contributed by atoms with Crippen molar-refractivity contribution in [2.45, 2.75) is 47.5 Å². The van der Waals surface area contributed by atoms with E-state index in [1.165, 1.54) is 16.7 Å². The second-order valence-corrected chi connectivity index (χ2v) is 8.65. The number of aryl methyl sites for hydroxylation is 4. The molecule has 1 aliphatic heterocycles. The first-order chi connectivity index (χ1) is 14.9. The van der Waals surface area contributed by atoms with Crippen molar-refractivity contribution in [3.05, 3.63) is 52.3 Å². The van der Waals surface area contributed by atoms with Gasteiger partial charge in [0.2, 0.25) is 5.91 Å². The van der Waals surface area contributed by atoms with E-state index in [1.807, 2.05) is 23.4 Å². The quantitative estimate of drug-likeness (QED) is 0.632. The summed E-state index contributed by atoms with van der Waals surface area (Å²) in [5, 5.41) is 5.89. The molecule has 0 aliphatic carbocycles. The molecule has 1 fully saturated rings. The Kier molecular flexibility index (Phi) is 6.10. The minimum atomic E-state index is 0.252. The van der Waals surface area contributed by atoms with Crippen LogP contribution < -0.4 is 0 Å². The topological polar surface area (TPSA) is 54.3 Å². The minimum Gasteiger partial charge on any atom is -0.340 e. The van der Waals surface area contributed by atoms with Gasteiger partial charge in [-0.15, -0.1) is 0 Å². The van der Waals surface area contributed by atoms with Crippen molar-refractivity contribution < 1.29 is 4.79 Å². The minimum absolute atomic E-state index is 0.252. The van der Waals surface area contributed by atoms with Crippen LogP contribution in [0.3, 0.4) is 0 Å². The highest BCUT2D eigenvalue weighted by molar-refractivity contribution is 5.85. The molecule has 6 heteroatoms. The maximum Gasteiger partial charge on any atom is 0.222 e. The van der Waals surface area contributed by atoms with Crippen LogP contribution in [0.5, 0.6) is 0 Å². The molecule has 1 amide bonds. The molecule has 4 rings (SSSR count). The Balaban J connectivity index is 1.57. The van der Waals surface area contributed by atoms with E-state index in [0.29, 0.717) is 6.42 Å². The number of hydrogen-bond acceptors (Lipinski definition) is 4. The number of rotatable bonds is 5. The zero-order valence-corrected chi connectivity index (χ0v) is 19.4. The van der Waals surface area contributed by atoms with E-state index in [4.69, 9.17) is 10.1 Å². The molecule has 1 aliphatic rings. The average molecular weight is 420 g/mol. The highest BCUT2D eigenvalue weighted by atomic mass is 16.2. The number of piperazine rings is 1. The number of aromatic nitrogens is 3. The lowest BCUT2D eigenvalue weighted by Crippen LogP contribution is -2.48. The number of hydrogen-bond donors (Lipinski definition) is 0. The molecule has 0 bridgehead atoms. The van der Waals surface area contributed by atoms with E-state index in [2.05, 4.69) is 49.9 Å².